The molecule has 0 aliphatic rings. The zero-order valence-corrected chi connectivity index (χ0v) is 15.2. The molecule has 6 nitrogen and oxygen atoms in total. The van der Waals surface area contributed by atoms with E-state index in [1.54, 1.807) is 21.8 Å². The zero-order chi connectivity index (χ0) is 18.2. The lowest BCUT2D eigenvalue weighted by Crippen LogP contribution is -2.47. The van der Waals surface area contributed by atoms with Crippen LogP contribution in [0.3, 0.4) is 0 Å². The summed E-state index contributed by atoms with van der Waals surface area (Å²) in [5, 5.41) is 17.0. The molecule has 136 valence electrons. The van der Waals surface area contributed by atoms with Gasteiger partial charge in [-0.05, 0) is 17.9 Å². The summed E-state index contributed by atoms with van der Waals surface area (Å²) in [6.07, 6.45) is 2.61. The molecule has 0 fully saturated rings. The number of nitrogens with one attached hydrogen (secondary N) is 1. The van der Waals surface area contributed by atoms with Crippen molar-refractivity contribution in [1.29, 1.82) is 0 Å². The fourth-order valence-corrected chi connectivity index (χ4v) is 2.80. The Morgan fingerprint density at radius 3 is 2.60 bits per heavy atom. The first-order valence-electron chi connectivity index (χ1n) is 8.81. The van der Waals surface area contributed by atoms with Crippen LogP contribution in [0.15, 0.2) is 42.6 Å². The molecule has 25 heavy (non-hydrogen) atoms. The molecule has 2 rings (SSSR count). The Bertz CT molecular complexity index is 654. The molecule has 1 atom stereocenters. The van der Waals surface area contributed by atoms with Gasteiger partial charge in [0.2, 0.25) is 0 Å². The van der Waals surface area contributed by atoms with Crippen molar-refractivity contribution in [3.63, 3.8) is 0 Å². The zero-order valence-electron chi connectivity index (χ0n) is 15.2. The minimum atomic E-state index is -0.261. The normalized spacial score (nSPS) is 12.2. The molecular formula is C19H28N4O2. The van der Waals surface area contributed by atoms with Gasteiger partial charge in [0.05, 0.1) is 18.8 Å². The molecule has 0 saturated heterocycles. The number of anilines is 1. The maximum Gasteiger partial charge on any atom is 0.323 e. The van der Waals surface area contributed by atoms with Crippen LogP contribution in [0.4, 0.5) is 10.6 Å². The summed E-state index contributed by atoms with van der Waals surface area (Å²) in [4.78, 5) is 14.6. The topological polar surface area (TPSA) is 70.4 Å². The second kappa shape index (κ2) is 9.22. The summed E-state index contributed by atoms with van der Waals surface area (Å²) in [5.74, 6) is 0.811. The van der Waals surface area contributed by atoms with Crippen LogP contribution < -0.4 is 5.32 Å². The fraction of sp³-hybridized carbons (Fsp3) is 0.474. The highest BCUT2D eigenvalue weighted by Gasteiger charge is 2.26. The monoisotopic (exact) mass is 344 g/mol. The number of nitrogens with zero attached hydrogens (tertiary/aromatic N) is 3. The number of carbonyl (C=O) groups excluding carboxylic acids is 1. The van der Waals surface area contributed by atoms with Crippen molar-refractivity contribution in [2.75, 3.05) is 11.9 Å². The first-order chi connectivity index (χ1) is 12.1. The second-order valence-corrected chi connectivity index (χ2v) is 6.48. The van der Waals surface area contributed by atoms with E-state index >= 15 is 0 Å². The maximum absolute atomic E-state index is 12.9. The number of amides is 2. The van der Waals surface area contributed by atoms with E-state index in [2.05, 4.69) is 17.3 Å². The SMILES string of the molecule is CCCn1nccc1NC(=O)N(Cc1ccccc1)C(CO)C(C)C. The van der Waals surface area contributed by atoms with Gasteiger partial charge in [0.25, 0.3) is 0 Å². The van der Waals surface area contributed by atoms with Crippen LogP contribution in [0.25, 0.3) is 0 Å². The smallest absolute Gasteiger partial charge is 0.323 e. The molecule has 1 unspecified atom stereocenters. The number of aryl methyl sites for hydroxylation is 1. The Labute approximate surface area is 149 Å². The minimum absolute atomic E-state index is 0.0772. The number of aliphatic hydroxyl groups excluding tert-OH is 1. The molecule has 0 bridgehead atoms. The van der Waals surface area contributed by atoms with Crippen molar-refractivity contribution in [2.45, 2.75) is 46.3 Å². The third kappa shape index (κ3) is 5.06. The average Bonchev–Trinajstić information content (AvgIpc) is 3.02. The molecular weight excluding hydrogens is 316 g/mol. The van der Waals surface area contributed by atoms with E-state index in [0.717, 1.165) is 18.5 Å². The molecule has 0 aliphatic carbocycles. The summed E-state index contributed by atoms with van der Waals surface area (Å²) in [6, 6.07) is 11.1. The number of carbonyl (C=O) groups is 1. The number of hydrogen-bond donors (Lipinski definition) is 2. The van der Waals surface area contributed by atoms with E-state index in [4.69, 9.17) is 0 Å². The highest BCUT2D eigenvalue weighted by Crippen LogP contribution is 2.17. The van der Waals surface area contributed by atoms with E-state index in [-0.39, 0.29) is 24.6 Å². The van der Waals surface area contributed by atoms with Crippen molar-refractivity contribution in [2.24, 2.45) is 5.92 Å². The number of hydrogen-bond acceptors (Lipinski definition) is 3. The molecule has 0 spiro atoms. The molecule has 1 aromatic heterocycles. The van der Waals surface area contributed by atoms with Crippen LogP contribution in [-0.2, 0) is 13.1 Å². The van der Waals surface area contributed by atoms with Crippen molar-refractivity contribution in [3.05, 3.63) is 48.2 Å². The van der Waals surface area contributed by atoms with Crippen LogP contribution in [0, 0.1) is 5.92 Å². The summed E-state index contributed by atoms with van der Waals surface area (Å²) < 4.78 is 1.78. The fourth-order valence-electron chi connectivity index (χ4n) is 2.80. The lowest BCUT2D eigenvalue weighted by molar-refractivity contribution is 0.110. The van der Waals surface area contributed by atoms with Crippen LogP contribution in [-0.4, -0.2) is 38.5 Å². The van der Waals surface area contributed by atoms with Crippen molar-refractivity contribution in [3.8, 4) is 0 Å². The molecule has 0 radical (unpaired) electrons. The van der Waals surface area contributed by atoms with Gasteiger partial charge < -0.3 is 10.0 Å². The Kier molecular flexibility index (Phi) is 7.01. The summed E-state index contributed by atoms with van der Waals surface area (Å²) in [7, 11) is 0. The lowest BCUT2D eigenvalue weighted by Gasteiger charge is -2.33. The molecule has 6 heteroatoms. The second-order valence-electron chi connectivity index (χ2n) is 6.48. The molecule has 1 aromatic carbocycles. The van der Waals surface area contributed by atoms with Crippen molar-refractivity contribution in [1.82, 2.24) is 14.7 Å². The van der Waals surface area contributed by atoms with Gasteiger partial charge in [-0.3, -0.25) is 5.32 Å². The Balaban J connectivity index is 2.21. The molecule has 0 saturated carbocycles. The minimum Gasteiger partial charge on any atom is -0.394 e. The standard InChI is InChI=1S/C19H28N4O2/c1-4-12-23-18(10-11-20-23)21-19(25)22(17(14-24)15(2)3)13-16-8-6-5-7-9-16/h5-11,15,17,24H,4,12-14H2,1-3H3,(H,21,25). The number of urea groups is 1. The highest BCUT2D eigenvalue weighted by molar-refractivity contribution is 5.88. The van der Waals surface area contributed by atoms with E-state index in [0.29, 0.717) is 12.4 Å². The summed E-state index contributed by atoms with van der Waals surface area (Å²) in [6.45, 7) is 7.19. The first kappa shape index (κ1) is 19.0. The van der Waals surface area contributed by atoms with E-state index in [1.165, 1.54) is 0 Å². The van der Waals surface area contributed by atoms with Crippen LogP contribution in [0.2, 0.25) is 0 Å². The van der Waals surface area contributed by atoms with Crippen molar-refractivity contribution >= 4 is 11.8 Å². The summed E-state index contributed by atoms with van der Waals surface area (Å²) in [5.41, 5.74) is 1.03. The third-order valence-corrected chi connectivity index (χ3v) is 4.20. The third-order valence-electron chi connectivity index (χ3n) is 4.20. The van der Waals surface area contributed by atoms with Gasteiger partial charge in [-0.15, -0.1) is 0 Å². The predicted octanol–water partition coefficient (Wildman–Crippen LogP) is 3.34. The number of aromatic nitrogens is 2. The summed E-state index contributed by atoms with van der Waals surface area (Å²) >= 11 is 0. The predicted molar refractivity (Wildman–Crippen MR) is 99.2 cm³/mol. The quantitative estimate of drug-likeness (QED) is 0.771. The molecule has 2 N–H and O–H groups in total. The van der Waals surface area contributed by atoms with Crippen LogP contribution in [0.5, 0.6) is 0 Å². The first-order valence-corrected chi connectivity index (χ1v) is 8.81. The number of aliphatic hydroxyl groups is 1. The van der Waals surface area contributed by atoms with E-state index < -0.39 is 0 Å². The van der Waals surface area contributed by atoms with Gasteiger partial charge in [0.1, 0.15) is 5.82 Å². The molecule has 2 aromatic rings. The number of rotatable bonds is 8. The number of benzene rings is 1. The van der Waals surface area contributed by atoms with Gasteiger partial charge in [-0.1, -0.05) is 51.1 Å². The van der Waals surface area contributed by atoms with Gasteiger partial charge in [-0.25, -0.2) is 9.48 Å². The Hall–Kier alpha value is -2.34. The van der Waals surface area contributed by atoms with Crippen molar-refractivity contribution < 1.29 is 9.90 Å². The maximum atomic E-state index is 12.9. The lowest BCUT2D eigenvalue weighted by atomic mass is 10.0. The van der Waals surface area contributed by atoms with Crippen LogP contribution in [0.1, 0.15) is 32.8 Å². The van der Waals surface area contributed by atoms with Gasteiger partial charge in [0, 0.05) is 19.2 Å². The van der Waals surface area contributed by atoms with Gasteiger partial charge in [-0.2, -0.15) is 5.10 Å². The Morgan fingerprint density at radius 2 is 2.00 bits per heavy atom. The van der Waals surface area contributed by atoms with Gasteiger partial charge in [0.15, 0.2) is 0 Å². The van der Waals surface area contributed by atoms with E-state index in [9.17, 15) is 9.90 Å². The Morgan fingerprint density at radius 1 is 1.28 bits per heavy atom. The molecule has 2 amide bonds. The highest BCUT2D eigenvalue weighted by atomic mass is 16.3. The average molecular weight is 344 g/mol. The van der Waals surface area contributed by atoms with E-state index in [1.807, 2.05) is 44.2 Å². The van der Waals surface area contributed by atoms with Crippen LogP contribution >= 0.6 is 0 Å². The van der Waals surface area contributed by atoms with Gasteiger partial charge >= 0.3 is 6.03 Å². The molecule has 0 aliphatic heterocycles. The molecule has 1 heterocycles. The largest absolute Gasteiger partial charge is 0.394 e.